The molecule has 0 saturated carbocycles. The van der Waals surface area contributed by atoms with Gasteiger partial charge in [-0.2, -0.15) is 0 Å². The standard InChI is InChI=1S/C21H16ClN3O2S/c1-13(19(26)23-18-11-8-14-4-2-3-5-16(14)12-18)28-21-25-24-20(27-21)15-6-9-17(22)10-7-15/h2-13H,1H3,(H,23,26)/t13-/m1/s1. The van der Waals surface area contributed by atoms with Gasteiger partial charge in [-0.05, 0) is 54.1 Å². The number of hydrogen-bond donors (Lipinski definition) is 1. The van der Waals surface area contributed by atoms with Crippen LogP contribution in [0.3, 0.4) is 0 Å². The second-order valence-corrected chi connectivity index (χ2v) is 7.92. The molecular formula is C21H16ClN3O2S. The lowest BCUT2D eigenvalue weighted by molar-refractivity contribution is -0.115. The van der Waals surface area contributed by atoms with Crippen molar-refractivity contribution in [1.29, 1.82) is 0 Å². The highest BCUT2D eigenvalue weighted by Gasteiger charge is 2.19. The van der Waals surface area contributed by atoms with Crippen LogP contribution in [0.2, 0.25) is 5.02 Å². The number of halogens is 1. The summed E-state index contributed by atoms with van der Waals surface area (Å²) in [5, 5.41) is 13.8. The Morgan fingerprint density at radius 1 is 1.04 bits per heavy atom. The van der Waals surface area contributed by atoms with Gasteiger partial charge in [0.25, 0.3) is 5.22 Å². The largest absolute Gasteiger partial charge is 0.411 e. The van der Waals surface area contributed by atoms with E-state index in [1.165, 1.54) is 11.8 Å². The number of anilines is 1. The monoisotopic (exact) mass is 409 g/mol. The Kier molecular flexibility index (Phi) is 5.32. The minimum atomic E-state index is -0.398. The first-order valence-electron chi connectivity index (χ1n) is 8.64. The second kappa shape index (κ2) is 8.04. The van der Waals surface area contributed by atoms with Gasteiger partial charge in [0, 0.05) is 16.3 Å². The molecule has 0 aliphatic heterocycles. The van der Waals surface area contributed by atoms with E-state index in [1.54, 1.807) is 31.2 Å². The maximum Gasteiger partial charge on any atom is 0.277 e. The van der Waals surface area contributed by atoms with Crippen molar-refractivity contribution < 1.29 is 9.21 Å². The Bertz CT molecular complexity index is 1130. The zero-order chi connectivity index (χ0) is 19.5. The van der Waals surface area contributed by atoms with Crippen molar-refractivity contribution in [1.82, 2.24) is 10.2 Å². The number of aromatic nitrogens is 2. The predicted octanol–water partition coefficient (Wildman–Crippen LogP) is 5.66. The number of nitrogens with one attached hydrogen (secondary N) is 1. The van der Waals surface area contributed by atoms with E-state index in [0.717, 1.165) is 22.0 Å². The summed E-state index contributed by atoms with van der Waals surface area (Å²) in [7, 11) is 0. The Morgan fingerprint density at radius 3 is 2.57 bits per heavy atom. The van der Waals surface area contributed by atoms with Crippen molar-refractivity contribution in [2.75, 3.05) is 5.32 Å². The van der Waals surface area contributed by atoms with Gasteiger partial charge in [0.2, 0.25) is 11.8 Å². The molecule has 5 nitrogen and oxygen atoms in total. The van der Waals surface area contributed by atoms with Crippen LogP contribution in [0, 0.1) is 0 Å². The van der Waals surface area contributed by atoms with Crippen molar-refractivity contribution in [2.24, 2.45) is 0 Å². The minimum absolute atomic E-state index is 0.133. The van der Waals surface area contributed by atoms with Gasteiger partial charge in [-0.15, -0.1) is 10.2 Å². The SMILES string of the molecule is C[C@@H](Sc1nnc(-c2ccc(Cl)cc2)o1)C(=O)Nc1ccc2ccccc2c1. The van der Waals surface area contributed by atoms with Crippen molar-refractivity contribution in [3.8, 4) is 11.5 Å². The summed E-state index contributed by atoms with van der Waals surface area (Å²) < 4.78 is 5.66. The molecule has 0 aliphatic carbocycles. The molecule has 3 aromatic carbocycles. The van der Waals surface area contributed by atoms with E-state index in [-0.39, 0.29) is 5.91 Å². The molecule has 0 unspecified atom stereocenters. The third-order valence-corrected chi connectivity index (χ3v) is 5.35. The zero-order valence-corrected chi connectivity index (χ0v) is 16.5. The molecule has 4 aromatic rings. The van der Waals surface area contributed by atoms with Crippen LogP contribution in [0.5, 0.6) is 0 Å². The first kappa shape index (κ1) is 18.5. The van der Waals surface area contributed by atoms with Gasteiger partial charge >= 0.3 is 0 Å². The highest BCUT2D eigenvalue weighted by atomic mass is 35.5. The van der Waals surface area contributed by atoms with Gasteiger partial charge in [-0.1, -0.05) is 53.7 Å². The van der Waals surface area contributed by atoms with Gasteiger partial charge in [0.1, 0.15) is 0 Å². The fraction of sp³-hybridized carbons (Fsp3) is 0.0952. The van der Waals surface area contributed by atoms with Crippen LogP contribution < -0.4 is 5.32 Å². The number of hydrogen-bond acceptors (Lipinski definition) is 5. The average molecular weight is 410 g/mol. The summed E-state index contributed by atoms with van der Waals surface area (Å²) in [6.45, 7) is 1.80. The summed E-state index contributed by atoms with van der Waals surface area (Å²) in [5.41, 5.74) is 1.53. The molecule has 0 aliphatic rings. The number of nitrogens with zero attached hydrogens (tertiary/aromatic N) is 2. The van der Waals surface area contributed by atoms with E-state index in [2.05, 4.69) is 15.5 Å². The fourth-order valence-electron chi connectivity index (χ4n) is 2.68. The molecule has 0 radical (unpaired) electrons. The zero-order valence-electron chi connectivity index (χ0n) is 14.9. The number of rotatable bonds is 5. The number of benzene rings is 3. The molecule has 1 N–H and O–H groups in total. The van der Waals surface area contributed by atoms with E-state index in [0.29, 0.717) is 16.1 Å². The minimum Gasteiger partial charge on any atom is -0.411 e. The smallest absolute Gasteiger partial charge is 0.277 e. The number of amides is 1. The summed E-state index contributed by atoms with van der Waals surface area (Å²) in [6, 6.07) is 21.0. The lowest BCUT2D eigenvalue weighted by atomic mass is 10.1. The molecule has 0 spiro atoms. The Hall–Kier alpha value is -2.83. The molecule has 1 heterocycles. The lowest BCUT2D eigenvalue weighted by Gasteiger charge is -2.10. The van der Waals surface area contributed by atoms with Crippen LogP contribution in [0.1, 0.15) is 6.92 Å². The van der Waals surface area contributed by atoms with Gasteiger partial charge in [0.05, 0.1) is 5.25 Å². The molecule has 140 valence electrons. The topological polar surface area (TPSA) is 68.0 Å². The third-order valence-electron chi connectivity index (χ3n) is 4.16. The fourth-order valence-corrected chi connectivity index (χ4v) is 3.49. The van der Waals surface area contributed by atoms with Crippen molar-refractivity contribution in [3.05, 3.63) is 71.8 Å². The van der Waals surface area contributed by atoms with E-state index < -0.39 is 5.25 Å². The molecule has 7 heteroatoms. The first-order chi connectivity index (χ1) is 13.6. The number of carbonyl (C=O) groups is 1. The quantitative estimate of drug-likeness (QED) is 0.430. The average Bonchev–Trinajstić information content (AvgIpc) is 3.17. The van der Waals surface area contributed by atoms with Crippen LogP contribution in [0.25, 0.3) is 22.2 Å². The van der Waals surface area contributed by atoms with Crippen LogP contribution in [-0.4, -0.2) is 21.4 Å². The lowest BCUT2D eigenvalue weighted by Crippen LogP contribution is -2.22. The molecule has 0 fully saturated rings. The van der Waals surface area contributed by atoms with Gasteiger partial charge in [-0.25, -0.2) is 0 Å². The molecule has 0 saturated heterocycles. The molecule has 1 aromatic heterocycles. The maximum absolute atomic E-state index is 12.5. The number of carbonyl (C=O) groups excluding carboxylic acids is 1. The van der Waals surface area contributed by atoms with Gasteiger partial charge in [-0.3, -0.25) is 4.79 Å². The summed E-state index contributed by atoms with van der Waals surface area (Å²) in [4.78, 5) is 12.5. The van der Waals surface area contributed by atoms with Crippen LogP contribution in [0.15, 0.2) is 76.4 Å². The predicted molar refractivity (Wildman–Crippen MR) is 113 cm³/mol. The Balaban J connectivity index is 1.42. The third kappa shape index (κ3) is 4.18. The Morgan fingerprint density at radius 2 is 1.79 bits per heavy atom. The Labute approximate surface area is 171 Å². The highest BCUT2D eigenvalue weighted by molar-refractivity contribution is 8.00. The van der Waals surface area contributed by atoms with Crippen molar-refractivity contribution in [2.45, 2.75) is 17.4 Å². The van der Waals surface area contributed by atoms with Crippen molar-refractivity contribution in [3.63, 3.8) is 0 Å². The van der Waals surface area contributed by atoms with Crippen LogP contribution in [-0.2, 0) is 4.79 Å². The van der Waals surface area contributed by atoms with Gasteiger partial charge in [0.15, 0.2) is 0 Å². The normalized spacial score (nSPS) is 12.1. The molecular weight excluding hydrogens is 394 g/mol. The molecule has 1 amide bonds. The van der Waals surface area contributed by atoms with Crippen LogP contribution >= 0.6 is 23.4 Å². The summed E-state index contributed by atoms with van der Waals surface area (Å²) in [5.74, 6) is 0.257. The summed E-state index contributed by atoms with van der Waals surface area (Å²) in [6.07, 6.45) is 0. The van der Waals surface area contributed by atoms with E-state index >= 15 is 0 Å². The highest BCUT2D eigenvalue weighted by Crippen LogP contribution is 2.27. The maximum atomic E-state index is 12.5. The molecule has 4 rings (SSSR count). The second-order valence-electron chi connectivity index (χ2n) is 6.19. The molecule has 0 bridgehead atoms. The van der Waals surface area contributed by atoms with E-state index in [1.807, 2.05) is 42.5 Å². The molecule has 28 heavy (non-hydrogen) atoms. The summed E-state index contributed by atoms with van der Waals surface area (Å²) >= 11 is 7.11. The van der Waals surface area contributed by atoms with E-state index in [9.17, 15) is 4.79 Å². The molecule has 1 atom stereocenters. The number of thioether (sulfide) groups is 1. The first-order valence-corrected chi connectivity index (χ1v) is 9.90. The van der Waals surface area contributed by atoms with Crippen LogP contribution in [0.4, 0.5) is 5.69 Å². The van der Waals surface area contributed by atoms with Gasteiger partial charge < -0.3 is 9.73 Å². The van der Waals surface area contributed by atoms with E-state index in [4.69, 9.17) is 16.0 Å². The number of fused-ring (bicyclic) bond motifs is 1. The van der Waals surface area contributed by atoms with Crippen molar-refractivity contribution >= 4 is 45.7 Å².